The lowest BCUT2D eigenvalue weighted by atomic mass is 9.79. The molecule has 3 heteroatoms. The first kappa shape index (κ1) is 12.4. The summed E-state index contributed by atoms with van der Waals surface area (Å²) in [6, 6.07) is 6.03. The summed E-state index contributed by atoms with van der Waals surface area (Å²) >= 11 is 0. The smallest absolute Gasteiger partial charge is 0.126 e. The van der Waals surface area contributed by atoms with E-state index >= 15 is 0 Å². The van der Waals surface area contributed by atoms with Gasteiger partial charge in [0.15, 0.2) is 0 Å². The zero-order chi connectivity index (χ0) is 12.1. The van der Waals surface area contributed by atoms with Crippen molar-refractivity contribution in [1.82, 2.24) is 4.98 Å². The maximum absolute atomic E-state index is 9.36. The number of aliphatic hydroxyl groups excluding tert-OH is 1. The fraction of sp³-hybridized carbons (Fsp3) is 0.643. The molecule has 2 rings (SSSR count). The minimum absolute atomic E-state index is 0.327. The molecule has 0 saturated heterocycles. The van der Waals surface area contributed by atoms with Crippen molar-refractivity contribution in [2.45, 2.75) is 32.6 Å². The number of anilines is 1. The molecule has 2 N–H and O–H groups in total. The second-order valence-corrected chi connectivity index (χ2v) is 5.03. The molecule has 1 fully saturated rings. The van der Waals surface area contributed by atoms with Crippen LogP contribution in [0.5, 0.6) is 0 Å². The Morgan fingerprint density at radius 3 is 2.76 bits per heavy atom. The first-order valence-electron chi connectivity index (χ1n) is 6.58. The summed E-state index contributed by atoms with van der Waals surface area (Å²) in [5.74, 6) is 2.02. The molecule has 17 heavy (non-hydrogen) atoms. The number of hydrogen-bond donors (Lipinski definition) is 2. The first-order valence-corrected chi connectivity index (χ1v) is 6.58. The largest absolute Gasteiger partial charge is 0.396 e. The van der Waals surface area contributed by atoms with E-state index in [1.54, 1.807) is 0 Å². The van der Waals surface area contributed by atoms with Crippen LogP contribution in [0.4, 0.5) is 5.82 Å². The van der Waals surface area contributed by atoms with Gasteiger partial charge in [0.25, 0.3) is 0 Å². The van der Waals surface area contributed by atoms with Crippen LogP contribution >= 0.6 is 0 Å². The maximum Gasteiger partial charge on any atom is 0.126 e. The number of aromatic nitrogens is 1. The van der Waals surface area contributed by atoms with Gasteiger partial charge in [-0.15, -0.1) is 0 Å². The molecule has 1 heterocycles. The fourth-order valence-corrected chi connectivity index (χ4v) is 2.67. The lowest BCUT2D eigenvalue weighted by Gasteiger charge is -2.30. The Labute approximate surface area is 103 Å². The van der Waals surface area contributed by atoms with Crippen molar-refractivity contribution < 1.29 is 5.11 Å². The topological polar surface area (TPSA) is 45.1 Å². The molecule has 1 aromatic rings. The van der Waals surface area contributed by atoms with Gasteiger partial charge in [-0.1, -0.05) is 18.9 Å². The molecule has 1 aliphatic rings. The van der Waals surface area contributed by atoms with Gasteiger partial charge in [0.1, 0.15) is 5.82 Å². The number of hydrogen-bond acceptors (Lipinski definition) is 3. The van der Waals surface area contributed by atoms with E-state index < -0.39 is 0 Å². The van der Waals surface area contributed by atoms with E-state index in [9.17, 15) is 5.11 Å². The second-order valence-electron chi connectivity index (χ2n) is 5.03. The van der Waals surface area contributed by atoms with Crippen LogP contribution in [0.1, 0.15) is 31.4 Å². The third kappa shape index (κ3) is 3.43. The monoisotopic (exact) mass is 234 g/mol. The standard InChI is InChI=1S/C14H22N2O/c1-11-5-4-8-14(16-11)15-9-12-6-2-3-7-13(12)10-17/h4-5,8,12-13,17H,2-3,6-7,9-10H2,1H3,(H,15,16). The molecule has 0 aliphatic heterocycles. The number of pyridine rings is 1. The lowest BCUT2D eigenvalue weighted by molar-refractivity contribution is 0.141. The molecule has 94 valence electrons. The van der Waals surface area contributed by atoms with E-state index in [0.717, 1.165) is 18.1 Å². The maximum atomic E-state index is 9.36. The van der Waals surface area contributed by atoms with Gasteiger partial charge >= 0.3 is 0 Å². The predicted octanol–water partition coefficient (Wildman–Crippen LogP) is 2.60. The summed E-state index contributed by atoms with van der Waals surface area (Å²) in [5.41, 5.74) is 1.04. The molecule has 0 spiro atoms. The molecular weight excluding hydrogens is 212 g/mol. The average Bonchev–Trinajstić information content (AvgIpc) is 2.37. The van der Waals surface area contributed by atoms with Crippen LogP contribution in [0, 0.1) is 18.8 Å². The van der Waals surface area contributed by atoms with E-state index in [1.807, 2.05) is 25.1 Å². The highest BCUT2D eigenvalue weighted by Gasteiger charge is 2.24. The van der Waals surface area contributed by atoms with Crippen molar-refractivity contribution in [2.75, 3.05) is 18.5 Å². The number of nitrogens with zero attached hydrogens (tertiary/aromatic N) is 1. The summed E-state index contributed by atoms with van der Waals surface area (Å²) in [4.78, 5) is 4.43. The highest BCUT2D eigenvalue weighted by Crippen LogP contribution is 2.29. The lowest BCUT2D eigenvalue weighted by Crippen LogP contribution is -2.28. The zero-order valence-corrected chi connectivity index (χ0v) is 10.5. The summed E-state index contributed by atoms with van der Waals surface area (Å²) in [7, 11) is 0. The molecule has 1 aromatic heterocycles. The number of aryl methyl sites for hydroxylation is 1. The van der Waals surface area contributed by atoms with E-state index in [-0.39, 0.29) is 0 Å². The Morgan fingerprint density at radius 2 is 2.06 bits per heavy atom. The Kier molecular flexibility index (Phi) is 4.37. The molecule has 0 amide bonds. The van der Waals surface area contributed by atoms with Gasteiger partial charge in [-0.25, -0.2) is 4.98 Å². The van der Waals surface area contributed by atoms with Crippen LogP contribution in [0.15, 0.2) is 18.2 Å². The van der Waals surface area contributed by atoms with Gasteiger partial charge in [0, 0.05) is 18.8 Å². The van der Waals surface area contributed by atoms with Crippen molar-refractivity contribution in [2.24, 2.45) is 11.8 Å². The molecule has 3 nitrogen and oxygen atoms in total. The van der Waals surface area contributed by atoms with Gasteiger partial charge in [0.05, 0.1) is 0 Å². The van der Waals surface area contributed by atoms with Crippen LogP contribution in [-0.4, -0.2) is 23.2 Å². The molecule has 2 atom stereocenters. The molecular formula is C14H22N2O. The molecule has 1 aliphatic carbocycles. The van der Waals surface area contributed by atoms with Crippen LogP contribution in [-0.2, 0) is 0 Å². The minimum atomic E-state index is 0.327. The van der Waals surface area contributed by atoms with Gasteiger partial charge < -0.3 is 10.4 Å². The van der Waals surface area contributed by atoms with Gasteiger partial charge in [0.2, 0.25) is 0 Å². The quantitative estimate of drug-likeness (QED) is 0.841. The van der Waals surface area contributed by atoms with Gasteiger partial charge in [-0.2, -0.15) is 0 Å². The Balaban J connectivity index is 1.88. The van der Waals surface area contributed by atoms with Crippen molar-refractivity contribution in [3.05, 3.63) is 23.9 Å². The van der Waals surface area contributed by atoms with Gasteiger partial charge in [-0.05, 0) is 43.7 Å². The molecule has 1 saturated carbocycles. The van der Waals surface area contributed by atoms with E-state index in [4.69, 9.17) is 0 Å². The summed E-state index contributed by atoms with van der Waals surface area (Å²) in [6.45, 7) is 3.26. The van der Waals surface area contributed by atoms with Gasteiger partial charge in [-0.3, -0.25) is 0 Å². The highest BCUT2D eigenvalue weighted by atomic mass is 16.3. The van der Waals surface area contributed by atoms with Crippen LogP contribution < -0.4 is 5.32 Å². The fourth-order valence-electron chi connectivity index (χ4n) is 2.67. The first-order chi connectivity index (χ1) is 8.29. The third-order valence-electron chi connectivity index (χ3n) is 3.73. The SMILES string of the molecule is Cc1cccc(NCC2CCCCC2CO)n1. The number of nitrogens with one attached hydrogen (secondary N) is 1. The normalized spacial score (nSPS) is 24.6. The number of aliphatic hydroxyl groups is 1. The number of rotatable bonds is 4. The van der Waals surface area contributed by atoms with Crippen LogP contribution in [0.25, 0.3) is 0 Å². The predicted molar refractivity (Wildman–Crippen MR) is 70.0 cm³/mol. The molecule has 2 unspecified atom stereocenters. The van der Waals surface area contributed by atoms with E-state index in [0.29, 0.717) is 18.4 Å². The van der Waals surface area contributed by atoms with Crippen LogP contribution in [0.2, 0.25) is 0 Å². The van der Waals surface area contributed by atoms with Crippen molar-refractivity contribution in [3.8, 4) is 0 Å². The summed E-state index contributed by atoms with van der Waals surface area (Å²) in [5, 5.41) is 12.8. The van der Waals surface area contributed by atoms with E-state index in [2.05, 4.69) is 10.3 Å². The highest BCUT2D eigenvalue weighted by molar-refractivity contribution is 5.35. The third-order valence-corrected chi connectivity index (χ3v) is 3.73. The van der Waals surface area contributed by atoms with Crippen molar-refractivity contribution in [3.63, 3.8) is 0 Å². The zero-order valence-electron chi connectivity index (χ0n) is 10.5. The van der Waals surface area contributed by atoms with Crippen LogP contribution in [0.3, 0.4) is 0 Å². The van der Waals surface area contributed by atoms with Crippen molar-refractivity contribution >= 4 is 5.82 Å². The molecule has 0 bridgehead atoms. The second kappa shape index (κ2) is 6.01. The Morgan fingerprint density at radius 1 is 1.29 bits per heavy atom. The summed E-state index contributed by atoms with van der Waals surface area (Å²) in [6.07, 6.45) is 4.96. The Bertz CT molecular complexity index is 354. The molecule has 0 aromatic carbocycles. The molecule has 0 radical (unpaired) electrons. The van der Waals surface area contributed by atoms with Crippen molar-refractivity contribution in [1.29, 1.82) is 0 Å². The summed E-state index contributed by atoms with van der Waals surface area (Å²) < 4.78 is 0. The minimum Gasteiger partial charge on any atom is -0.396 e. The Hall–Kier alpha value is -1.09. The average molecular weight is 234 g/mol. The van der Waals surface area contributed by atoms with E-state index in [1.165, 1.54) is 25.7 Å².